The number of azo groups is 1. The molecule has 11 nitrogen and oxygen atoms in total. The van der Waals surface area contributed by atoms with Gasteiger partial charge in [0.2, 0.25) is 5.78 Å². The summed E-state index contributed by atoms with van der Waals surface area (Å²) in [5, 5.41) is 22.9. The smallest absolute Gasteiger partial charge is 0.300 e. The molecule has 3 aromatic rings. The molecule has 1 aliphatic rings. The van der Waals surface area contributed by atoms with Gasteiger partial charge in [-0.3, -0.25) is 14.8 Å². The van der Waals surface area contributed by atoms with Crippen LogP contribution in [0, 0.1) is 0 Å². The van der Waals surface area contributed by atoms with E-state index in [0.717, 1.165) is 0 Å². The Bertz CT molecular complexity index is 1440. The van der Waals surface area contributed by atoms with Crippen LogP contribution in [-0.2, 0) is 19.8 Å². The van der Waals surface area contributed by atoms with Gasteiger partial charge in [0.05, 0.1) is 25.6 Å². The van der Waals surface area contributed by atoms with Crippen LogP contribution in [0.2, 0.25) is 0 Å². The molecule has 3 aromatic carbocycles. The number of aliphatic hydroxyl groups is 1. The third-order valence-corrected chi connectivity index (χ3v) is 6.90. The number of rotatable bonds is 7. The molecule has 1 aliphatic carbocycles. The first-order valence-electron chi connectivity index (χ1n) is 10.5. The summed E-state index contributed by atoms with van der Waals surface area (Å²) in [6, 6.07) is 18.6. The summed E-state index contributed by atoms with van der Waals surface area (Å²) in [5.74, 6) is 0.0748. The zero-order valence-corrected chi connectivity index (χ0v) is 20.0. The van der Waals surface area contributed by atoms with Crippen LogP contribution in [0.4, 0.5) is 11.4 Å². The average Bonchev–Trinajstić information content (AvgIpc) is 2.89. The van der Waals surface area contributed by atoms with E-state index in [0.29, 0.717) is 17.2 Å². The number of nitrogens with one attached hydrogen (secondary N) is 1. The number of methoxy groups -OCH3 is 2. The number of Topliss-reactive ketones (excluding diaryl/α,β-unsaturated/α-hetero) is 1. The lowest BCUT2D eigenvalue weighted by atomic mass is 9.83. The third-order valence-electron chi connectivity index (χ3n) is 5.59. The molecule has 0 aliphatic heterocycles. The van der Waals surface area contributed by atoms with E-state index in [1.807, 2.05) is 0 Å². The van der Waals surface area contributed by atoms with E-state index in [4.69, 9.17) is 9.47 Å². The topological polar surface area (TPSA) is 159 Å². The van der Waals surface area contributed by atoms with Crippen LogP contribution < -0.4 is 14.9 Å². The summed E-state index contributed by atoms with van der Waals surface area (Å²) in [6.45, 7) is 0. The molecular weight excluding hydrogens is 488 g/mol. The standard InChI is InChI=1S/C24H22N4O7S/c1-34-17-11-7-15(8-12-17)25-27-21-19-5-3-4-6-20(19)24(36(31,32)33,23(30)22(21)29)28-26-16-9-13-18(35-2)14-10-16/h3-14,23,25,30H,1-2H3,(H,31,32,33). The Labute approximate surface area is 206 Å². The highest BCUT2D eigenvalue weighted by Gasteiger charge is 2.60. The van der Waals surface area contributed by atoms with Gasteiger partial charge in [-0.2, -0.15) is 23.7 Å². The summed E-state index contributed by atoms with van der Waals surface area (Å²) in [4.78, 5) is 10.4. The normalized spacial score (nSPS) is 20.8. The molecule has 2 atom stereocenters. The number of hydrogen-bond acceptors (Lipinski definition) is 10. The number of carbonyl (C=O) groups excluding carboxylic acids is 1. The van der Waals surface area contributed by atoms with Gasteiger partial charge in [-0.1, -0.05) is 24.3 Å². The molecule has 0 heterocycles. The van der Waals surface area contributed by atoms with Gasteiger partial charge in [0.1, 0.15) is 17.2 Å². The Balaban J connectivity index is 1.82. The van der Waals surface area contributed by atoms with Crippen LogP contribution in [0.25, 0.3) is 0 Å². The molecule has 0 fully saturated rings. The Morgan fingerprint density at radius 2 is 1.50 bits per heavy atom. The van der Waals surface area contributed by atoms with Crippen LogP contribution in [-0.4, -0.2) is 49.9 Å². The van der Waals surface area contributed by atoms with Crippen LogP contribution in [0.5, 0.6) is 11.5 Å². The number of hydrazone groups is 1. The van der Waals surface area contributed by atoms with Gasteiger partial charge in [0.25, 0.3) is 4.87 Å². The van der Waals surface area contributed by atoms with Gasteiger partial charge >= 0.3 is 10.1 Å². The van der Waals surface area contributed by atoms with Gasteiger partial charge in [-0.25, -0.2) is 0 Å². The second-order valence-corrected chi connectivity index (χ2v) is 9.26. The van der Waals surface area contributed by atoms with Crippen molar-refractivity contribution in [3.05, 3.63) is 83.9 Å². The lowest BCUT2D eigenvalue weighted by Gasteiger charge is -2.35. The summed E-state index contributed by atoms with van der Waals surface area (Å²) in [7, 11) is -2.21. The van der Waals surface area contributed by atoms with E-state index in [-0.39, 0.29) is 22.5 Å². The van der Waals surface area contributed by atoms with Crippen LogP contribution in [0.1, 0.15) is 11.1 Å². The molecule has 0 amide bonds. The molecule has 3 N–H and O–H groups in total. The molecule has 0 radical (unpaired) electrons. The lowest BCUT2D eigenvalue weighted by Crippen LogP contribution is -2.55. The maximum Gasteiger partial charge on any atom is 0.300 e. The highest BCUT2D eigenvalue weighted by molar-refractivity contribution is 7.86. The maximum atomic E-state index is 13.2. The van der Waals surface area contributed by atoms with E-state index >= 15 is 0 Å². The molecule has 0 saturated carbocycles. The number of nitrogens with zero attached hydrogens (tertiary/aromatic N) is 3. The number of benzene rings is 3. The zero-order valence-electron chi connectivity index (χ0n) is 19.2. The lowest BCUT2D eigenvalue weighted by molar-refractivity contribution is -0.122. The van der Waals surface area contributed by atoms with E-state index in [1.54, 1.807) is 42.5 Å². The minimum Gasteiger partial charge on any atom is -0.497 e. The predicted molar refractivity (Wildman–Crippen MR) is 131 cm³/mol. The van der Waals surface area contributed by atoms with Gasteiger partial charge in [-0.15, -0.1) is 0 Å². The number of anilines is 1. The van der Waals surface area contributed by atoms with Crippen molar-refractivity contribution in [3.8, 4) is 11.5 Å². The highest BCUT2D eigenvalue weighted by Crippen LogP contribution is 2.43. The molecule has 4 rings (SSSR count). The molecule has 0 aromatic heterocycles. The van der Waals surface area contributed by atoms with Gasteiger partial charge in [0, 0.05) is 11.1 Å². The van der Waals surface area contributed by atoms with Crippen LogP contribution >= 0.6 is 0 Å². The molecule has 2 unspecified atom stereocenters. The van der Waals surface area contributed by atoms with Crippen LogP contribution in [0.3, 0.4) is 0 Å². The van der Waals surface area contributed by atoms with Crippen molar-refractivity contribution in [1.82, 2.24) is 0 Å². The van der Waals surface area contributed by atoms with Gasteiger partial charge in [0.15, 0.2) is 6.10 Å². The first-order chi connectivity index (χ1) is 17.2. The molecule has 12 heteroatoms. The number of aliphatic hydroxyl groups excluding tert-OH is 1. The summed E-state index contributed by atoms with van der Waals surface area (Å²) in [5.41, 5.74) is 3.08. The molecule has 0 bridgehead atoms. The van der Waals surface area contributed by atoms with Gasteiger partial charge in [-0.05, 0) is 48.5 Å². The van der Waals surface area contributed by atoms with E-state index in [2.05, 4.69) is 20.8 Å². The van der Waals surface area contributed by atoms with Crippen molar-refractivity contribution in [3.63, 3.8) is 0 Å². The Kier molecular flexibility index (Phi) is 6.84. The van der Waals surface area contributed by atoms with Crippen molar-refractivity contribution in [1.29, 1.82) is 0 Å². The second-order valence-electron chi connectivity index (χ2n) is 7.68. The fourth-order valence-corrected chi connectivity index (χ4v) is 4.70. The van der Waals surface area contributed by atoms with E-state index < -0.39 is 26.9 Å². The van der Waals surface area contributed by atoms with Crippen LogP contribution in [0.15, 0.2) is 88.1 Å². The minimum absolute atomic E-state index is 0.0557. The SMILES string of the molecule is COc1ccc(N=NC2(S(=O)(=O)O)c3ccccc3C(=NNc3ccc(OC)cc3)C(=O)C2O)cc1. The fourth-order valence-electron chi connectivity index (χ4n) is 3.71. The van der Waals surface area contributed by atoms with Crippen molar-refractivity contribution in [2.75, 3.05) is 19.6 Å². The molecular formula is C24H22N4O7S. The summed E-state index contributed by atoms with van der Waals surface area (Å²) in [6.07, 6.45) is -2.33. The number of ketones is 1. The molecule has 0 spiro atoms. The van der Waals surface area contributed by atoms with Crippen molar-refractivity contribution in [2.24, 2.45) is 15.3 Å². The third kappa shape index (κ3) is 4.44. The van der Waals surface area contributed by atoms with Crippen molar-refractivity contribution >= 4 is 33.0 Å². The quantitative estimate of drug-likeness (QED) is 0.248. The zero-order chi connectivity index (χ0) is 25.9. The molecule has 186 valence electrons. The number of hydrogen-bond donors (Lipinski definition) is 3. The minimum atomic E-state index is -5.21. The fraction of sp³-hybridized carbons (Fsp3) is 0.167. The molecule has 36 heavy (non-hydrogen) atoms. The number of fused-ring (bicyclic) bond motifs is 1. The predicted octanol–water partition coefficient (Wildman–Crippen LogP) is 3.29. The molecule has 0 saturated heterocycles. The van der Waals surface area contributed by atoms with E-state index in [9.17, 15) is 22.9 Å². The Morgan fingerprint density at radius 1 is 0.917 bits per heavy atom. The average molecular weight is 511 g/mol. The number of carbonyl (C=O) groups is 1. The summed E-state index contributed by atoms with van der Waals surface area (Å²) < 4.78 is 45.8. The Morgan fingerprint density at radius 3 is 2.08 bits per heavy atom. The highest BCUT2D eigenvalue weighted by atomic mass is 32.2. The summed E-state index contributed by atoms with van der Waals surface area (Å²) >= 11 is 0. The number of ether oxygens (including phenoxy) is 2. The van der Waals surface area contributed by atoms with Crippen molar-refractivity contribution < 1.29 is 32.3 Å². The monoisotopic (exact) mass is 510 g/mol. The largest absolute Gasteiger partial charge is 0.497 e. The Hall–Kier alpha value is -4.13. The first-order valence-corrected chi connectivity index (χ1v) is 12.0. The van der Waals surface area contributed by atoms with Gasteiger partial charge < -0.3 is 14.6 Å². The first kappa shape index (κ1) is 25.0. The van der Waals surface area contributed by atoms with E-state index in [1.165, 1.54) is 44.6 Å². The maximum absolute atomic E-state index is 13.2. The van der Waals surface area contributed by atoms with Crippen molar-refractivity contribution in [2.45, 2.75) is 11.0 Å². The second kappa shape index (κ2) is 9.85.